The molecule has 3 amide bonds. The maximum Gasteiger partial charge on any atom is 0.409 e. The van der Waals surface area contributed by atoms with Crippen LogP contribution in [0.1, 0.15) is 46.6 Å². The molecule has 0 aliphatic heterocycles. The van der Waals surface area contributed by atoms with E-state index in [0.717, 1.165) is 5.56 Å². The number of hydrogen-bond acceptors (Lipinski definition) is 5. The molecule has 0 heterocycles. The van der Waals surface area contributed by atoms with Crippen LogP contribution in [-0.2, 0) is 20.7 Å². The maximum atomic E-state index is 12.5. The van der Waals surface area contributed by atoms with Crippen LogP contribution < -0.4 is 16.0 Å². The van der Waals surface area contributed by atoms with Gasteiger partial charge in [-0.05, 0) is 38.7 Å². The average Bonchev–Trinajstić information content (AvgIpc) is 2.59. The van der Waals surface area contributed by atoms with Gasteiger partial charge in [-0.15, -0.1) is 0 Å². The molecule has 0 aromatic heterocycles. The molecule has 0 spiro atoms. The van der Waals surface area contributed by atoms with E-state index in [9.17, 15) is 14.4 Å². The van der Waals surface area contributed by atoms with E-state index in [1.54, 1.807) is 20.8 Å². The lowest BCUT2D eigenvalue weighted by atomic mass is 10.0. The largest absolute Gasteiger partial charge is 0.467 e. The van der Waals surface area contributed by atoms with Crippen LogP contribution >= 0.6 is 0 Å². The van der Waals surface area contributed by atoms with Crippen LogP contribution in [0.15, 0.2) is 30.3 Å². The van der Waals surface area contributed by atoms with E-state index in [1.165, 1.54) is 7.11 Å². The van der Waals surface area contributed by atoms with Crippen LogP contribution in [0.4, 0.5) is 9.59 Å². The van der Waals surface area contributed by atoms with Crippen LogP contribution in [0.2, 0.25) is 0 Å². The number of alkyl carbamates (subject to hydrolysis) is 1. The van der Waals surface area contributed by atoms with Gasteiger partial charge >= 0.3 is 18.1 Å². The molecule has 0 unspecified atom stereocenters. The Morgan fingerprint density at radius 1 is 1.00 bits per heavy atom. The minimum absolute atomic E-state index is 0.180. The molecule has 1 rings (SSSR count). The number of amides is 3. The van der Waals surface area contributed by atoms with Crippen molar-refractivity contribution in [3.05, 3.63) is 35.9 Å². The molecule has 8 nitrogen and oxygen atoms in total. The van der Waals surface area contributed by atoms with Gasteiger partial charge in [-0.1, -0.05) is 44.2 Å². The number of ether oxygens (including phenoxy) is 2. The first kappa shape index (κ1) is 24.3. The van der Waals surface area contributed by atoms with Gasteiger partial charge in [0.05, 0.1) is 7.11 Å². The second-order valence-electron chi connectivity index (χ2n) is 8.21. The smallest absolute Gasteiger partial charge is 0.409 e. The Hall–Kier alpha value is -2.77. The summed E-state index contributed by atoms with van der Waals surface area (Å²) < 4.78 is 10.0. The van der Waals surface area contributed by atoms with Crippen LogP contribution in [0.25, 0.3) is 0 Å². The zero-order valence-electron chi connectivity index (χ0n) is 18.1. The minimum Gasteiger partial charge on any atom is -0.467 e. The number of urea groups is 1. The van der Waals surface area contributed by atoms with Crippen molar-refractivity contribution in [3.63, 3.8) is 0 Å². The fourth-order valence-corrected chi connectivity index (χ4v) is 2.62. The highest BCUT2D eigenvalue weighted by atomic mass is 16.6. The number of nitrogens with one attached hydrogen (secondary N) is 3. The Bertz CT molecular complexity index is 671. The van der Waals surface area contributed by atoms with Crippen molar-refractivity contribution in [1.82, 2.24) is 16.0 Å². The third-order valence-corrected chi connectivity index (χ3v) is 3.78. The van der Waals surface area contributed by atoms with E-state index < -0.39 is 35.9 Å². The van der Waals surface area contributed by atoms with E-state index in [-0.39, 0.29) is 5.92 Å². The molecule has 1 aromatic carbocycles. The third-order valence-electron chi connectivity index (χ3n) is 3.78. The molecule has 0 radical (unpaired) electrons. The van der Waals surface area contributed by atoms with E-state index in [2.05, 4.69) is 16.0 Å². The van der Waals surface area contributed by atoms with Gasteiger partial charge in [-0.25, -0.2) is 14.4 Å². The van der Waals surface area contributed by atoms with Gasteiger partial charge in [0.2, 0.25) is 0 Å². The molecule has 0 saturated heterocycles. The average molecular weight is 408 g/mol. The second-order valence-corrected chi connectivity index (χ2v) is 8.21. The normalized spacial score (nSPS) is 13.2. The van der Waals surface area contributed by atoms with Crippen LogP contribution in [0.5, 0.6) is 0 Å². The summed E-state index contributed by atoms with van der Waals surface area (Å²) in [6.45, 7) is 9.15. The van der Waals surface area contributed by atoms with E-state index in [0.29, 0.717) is 12.8 Å². The van der Waals surface area contributed by atoms with Crippen LogP contribution in [-0.4, -0.2) is 43.0 Å². The maximum absolute atomic E-state index is 12.5. The molecule has 0 aliphatic rings. The summed E-state index contributed by atoms with van der Waals surface area (Å²) in [4.78, 5) is 36.6. The fraction of sp³-hybridized carbons (Fsp3) is 0.571. The van der Waals surface area contributed by atoms with Gasteiger partial charge in [0.25, 0.3) is 0 Å². The van der Waals surface area contributed by atoms with Crippen molar-refractivity contribution in [3.8, 4) is 0 Å². The van der Waals surface area contributed by atoms with Gasteiger partial charge in [-0.3, -0.25) is 0 Å². The standard InChI is InChI=1S/C21H33N3O5/c1-14(2)12-16(18(25)28-6)22-19(26)23-17(13-15-10-8-7-9-11-15)24-20(27)29-21(3,4)5/h7-11,14,16-17H,12-13H2,1-6H3,(H,24,27)(H2,22,23,26)/t16-,17-/m0/s1. The first-order chi connectivity index (χ1) is 13.5. The Morgan fingerprint density at radius 2 is 1.62 bits per heavy atom. The zero-order valence-corrected chi connectivity index (χ0v) is 18.1. The summed E-state index contributed by atoms with van der Waals surface area (Å²) in [5.74, 6) is -0.340. The van der Waals surface area contributed by atoms with Crippen molar-refractivity contribution in [2.75, 3.05) is 7.11 Å². The lowest BCUT2D eigenvalue weighted by Gasteiger charge is -2.25. The van der Waals surface area contributed by atoms with Crippen molar-refractivity contribution < 1.29 is 23.9 Å². The van der Waals surface area contributed by atoms with Gasteiger partial charge in [-0.2, -0.15) is 0 Å². The Morgan fingerprint density at radius 3 is 2.14 bits per heavy atom. The highest BCUT2D eigenvalue weighted by Crippen LogP contribution is 2.09. The predicted octanol–water partition coefficient (Wildman–Crippen LogP) is 2.97. The number of rotatable bonds is 8. The molecule has 3 N–H and O–H groups in total. The van der Waals surface area contributed by atoms with Crippen molar-refractivity contribution in [2.24, 2.45) is 5.92 Å². The Labute approximate surface area is 172 Å². The fourth-order valence-electron chi connectivity index (χ4n) is 2.62. The molecular weight excluding hydrogens is 374 g/mol. The summed E-state index contributed by atoms with van der Waals surface area (Å²) >= 11 is 0. The highest BCUT2D eigenvalue weighted by molar-refractivity contribution is 5.83. The summed E-state index contributed by atoms with van der Waals surface area (Å²) in [5, 5.41) is 7.98. The monoisotopic (exact) mass is 407 g/mol. The number of methoxy groups -OCH3 is 1. The molecule has 0 aliphatic carbocycles. The lowest BCUT2D eigenvalue weighted by Crippen LogP contribution is -2.55. The molecule has 29 heavy (non-hydrogen) atoms. The van der Waals surface area contributed by atoms with Crippen LogP contribution in [0, 0.1) is 5.92 Å². The molecule has 8 heteroatoms. The summed E-state index contributed by atoms with van der Waals surface area (Å²) in [6, 6.07) is 8.04. The van der Waals surface area contributed by atoms with Crippen molar-refractivity contribution >= 4 is 18.1 Å². The van der Waals surface area contributed by atoms with Gasteiger partial charge in [0.1, 0.15) is 17.8 Å². The van der Waals surface area contributed by atoms with E-state index in [1.807, 2.05) is 44.2 Å². The van der Waals surface area contributed by atoms with Gasteiger partial charge < -0.3 is 25.4 Å². The topological polar surface area (TPSA) is 106 Å². The number of carbonyl (C=O) groups is 3. The number of esters is 1. The van der Waals surface area contributed by atoms with Crippen molar-refractivity contribution in [1.29, 1.82) is 0 Å². The first-order valence-corrected chi connectivity index (χ1v) is 9.68. The summed E-state index contributed by atoms with van der Waals surface area (Å²) in [5.41, 5.74) is 0.247. The number of hydrogen-bond donors (Lipinski definition) is 3. The number of benzene rings is 1. The van der Waals surface area contributed by atoms with Crippen LogP contribution in [0.3, 0.4) is 0 Å². The molecule has 0 fully saturated rings. The SMILES string of the molecule is COC(=O)[C@H](CC(C)C)NC(=O)N[C@H](Cc1ccccc1)NC(=O)OC(C)(C)C. The highest BCUT2D eigenvalue weighted by Gasteiger charge is 2.25. The molecular formula is C21H33N3O5. The minimum atomic E-state index is -0.779. The third kappa shape index (κ3) is 10.4. The summed E-state index contributed by atoms with van der Waals surface area (Å²) in [7, 11) is 1.28. The van der Waals surface area contributed by atoms with Crippen molar-refractivity contribution in [2.45, 2.75) is 65.3 Å². The predicted molar refractivity (Wildman–Crippen MR) is 110 cm³/mol. The van der Waals surface area contributed by atoms with Gasteiger partial charge in [0.15, 0.2) is 0 Å². The second kappa shape index (κ2) is 11.3. The first-order valence-electron chi connectivity index (χ1n) is 9.68. The quantitative estimate of drug-likeness (QED) is 0.454. The molecule has 0 bridgehead atoms. The summed E-state index contributed by atoms with van der Waals surface area (Å²) in [6.07, 6.45) is -0.598. The number of carbonyl (C=O) groups excluding carboxylic acids is 3. The van der Waals surface area contributed by atoms with E-state index >= 15 is 0 Å². The Kier molecular flexibility index (Phi) is 9.44. The molecule has 0 saturated carbocycles. The molecule has 1 aromatic rings. The Balaban J connectivity index is 2.84. The zero-order chi connectivity index (χ0) is 22.0. The molecule has 2 atom stereocenters. The molecule has 162 valence electrons. The lowest BCUT2D eigenvalue weighted by molar-refractivity contribution is -0.143. The van der Waals surface area contributed by atoms with Gasteiger partial charge in [0, 0.05) is 6.42 Å². The van der Waals surface area contributed by atoms with E-state index in [4.69, 9.17) is 9.47 Å².